The Kier molecular flexibility index (Phi) is 3.98. The highest BCUT2D eigenvalue weighted by Crippen LogP contribution is 2.20. The molecular weight excluding hydrogens is 302 g/mol. The quantitative estimate of drug-likeness (QED) is 0.871. The van der Waals surface area contributed by atoms with Gasteiger partial charge in [0.05, 0.1) is 6.10 Å². The van der Waals surface area contributed by atoms with Crippen molar-refractivity contribution >= 4 is 27.8 Å². The predicted molar refractivity (Wildman–Crippen MR) is 67.2 cm³/mol. The Labute approximate surface area is 112 Å². The van der Waals surface area contributed by atoms with E-state index in [1.165, 1.54) is 0 Å². The minimum Gasteiger partial charge on any atom is -0.480 e. The van der Waals surface area contributed by atoms with Crippen molar-refractivity contribution in [3.05, 3.63) is 34.3 Å². The van der Waals surface area contributed by atoms with Crippen LogP contribution in [0.3, 0.4) is 0 Å². The zero-order valence-electron chi connectivity index (χ0n) is 9.43. The number of carbonyl (C=O) groups is 2. The van der Waals surface area contributed by atoms with Gasteiger partial charge >= 0.3 is 5.97 Å². The van der Waals surface area contributed by atoms with E-state index >= 15 is 0 Å². The van der Waals surface area contributed by atoms with Gasteiger partial charge in [0.15, 0.2) is 6.04 Å². The van der Waals surface area contributed by atoms with Crippen LogP contribution in [0, 0.1) is 0 Å². The minimum atomic E-state index is -1.08. The zero-order valence-corrected chi connectivity index (χ0v) is 11.0. The molecule has 6 heteroatoms. The monoisotopic (exact) mass is 313 g/mol. The summed E-state index contributed by atoms with van der Waals surface area (Å²) >= 11 is 3.40. The molecule has 2 rings (SSSR count). The Bertz CT molecular complexity index is 477. The lowest BCUT2D eigenvalue weighted by Crippen LogP contribution is -2.56. The molecule has 0 spiro atoms. The van der Waals surface area contributed by atoms with Gasteiger partial charge in [0.25, 0.3) is 0 Å². The van der Waals surface area contributed by atoms with E-state index in [9.17, 15) is 9.59 Å². The first-order valence-electron chi connectivity index (χ1n) is 5.45. The van der Waals surface area contributed by atoms with Crippen LogP contribution in [0.15, 0.2) is 28.7 Å². The summed E-state index contributed by atoms with van der Waals surface area (Å²) in [5.74, 6) is -1.48. The van der Waals surface area contributed by atoms with Gasteiger partial charge in [-0.05, 0) is 11.6 Å². The average molecular weight is 314 g/mol. The molecule has 1 aromatic carbocycles. The van der Waals surface area contributed by atoms with Crippen molar-refractivity contribution in [2.45, 2.75) is 18.6 Å². The third-order valence-corrected chi connectivity index (χ3v) is 3.54. The summed E-state index contributed by atoms with van der Waals surface area (Å²) in [5, 5.41) is 11.5. The second kappa shape index (κ2) is 5.49. The topological polar surface area (TPSA) is 75.6 Å². The van der Waals surface area contributed by atoms with E-state index in [2.05, 4.69) is 21.2 Å². The molecular formula is C12H12BrNO4. The largest absolute Gasteiger partial charge is 0.480 e. The number of halogens is 1. The number of amides is 1. The van der Waals surface area contributed by atoms with Crippen LogP contribution in [0.2, 0.25) is 0 Å². The highest BCUT2D eigenvalue weighted by atomic mass is 79.9. The summed E-state index contributed by atoms with van der Waals surface area (Å²) < 4.78 is 6.21. The van der Waals surface area contributed by atoms with E-state index in [1.807, 2.05) is 24.3 Å². The minimum absolute atomic E-state index is 0.0983. The fourth-order valence-corrected chi connectivity index (χ4v) is 2.31. The van der Waals surface area contributed by atoms with Crippen molar-refractivity contribution in [3.63, 3.8) is 0 Å². The molecule has 0 radical (unpaired) electrons. The lowest BCUT2D eigenvalue weighted by atomic mass is 10.0. The van der Waals surface area contributed by atoms with Crippen LogP contribution in [0.1, 0.15) is 5.56 Å². The van der Waals surface area contributed by atoms with Crippen LogP contribution in [-0.4, -0.2) is 35.7 Å². The molecule has 2 unspecified atom stereocenters. The molecule has 5 nitrogen and oxygen atoms in total. The Morgan fingerprint density at radius 3 is 2.89 bits per heavy atom. The van der Waals surface area contributed by atoms with E-state index in [0.29, 0.717) is 6.42 Å². The van der Waals surface area contributed by atoms with Gasteiger partial charge in [-0.3, -0.25) is 4.79 Å². The summed E-state index contributed by atoms with van der Waals surface area (Å²) in [4.78, 5) is 22.2. The number of aliphatic carboxylic acids is 1. The zero-order chi connectivity index (χ0) is 13.1. The van der Waals surface area contributed by atoms with Crippen molar-refractivity contribution in [1.82, 2.24) is 5.32 Å². The van der Waals surface area contributed by atoms with Gasteiger partial charge in [-0.2, -0.15) is 0 Å². The maximum absolute atomic E-state index is 11.1. The third-order valence-electron chi connectivity index (χ3n) is 2.76. The molecule has 0 bridgehead atoms. The van der Waals surface area contributed by atoms with E-state index in [1.54, 1.807) is 0 Å². The van der Waals surface area contributed by atoms with E-state index < -0.39 is 24.0 Å². The third kappa shape index (κ3) is 2.88. The van der Waals surface area contributed by atoms with Crippen molar-refractivity contribution in [2.24, 2.45) is 0 Å². The lowest BCUT2D eigenvalue weighted by molar-refractivity contribution is -0.154. The van der Waals surface area contributed by atoms with Gasteiger partial charge in [-0.15, -0.1) is 0 Å². The first kappa shape index (κ1) is 13.0. The standard InChI is InChI=1S/C12H12BrNO4/c13-8-4-2-1-3-7(8)5-9-11(12(16)17)14-10(15)6-18-9/h1-4,9,11H,5-6H2,(H,14,15)(H,16,17). The number of carboxylic acids is 1. The van der Waals surface area contributed by atoms with Gasteiger partial charge in [-0.1, -0.05) is 34.1 Å². The summed E-state index contributed by atoms with van der Waals surface area (Å²) in [6.45, 7) is -0.0983. The number of hydrogen-bond acceptors (Lipinski definition) is 3. The Morgan fingerprint density at radius 2 is 2.22 bits per heavy atom. The first-order valence-corrected chi connectivity index (χ1v) is 6.24. The summed E-state index contributed by atoms with van der Waals surface area (Å²) in [6, 6.07) is 6.52. The highest BCUT2D eigenvalue weighted by molar-refractivity contribution is 9.10. The SMILES string of the molecule is O=C1COC(Cc2ccccc2Br)C(C(=O)O)N1. The van der Waals surface area contributed by atoms with Crippen molar-refractivity contribution in [3.8, 4) is 0 Å². The van der Waals surface area contributed by atoms with E-state index in [-0.39, 0.29) is 6.61 Å². The number of rotatable bonds is 3. The van der Waals surface area contributed by atoms with Gasteiger partial charge in [0.1, 0.15) is 6.61 Å². The molecule has 18 heavy (non-hydrogen) atoms. The van der Waals surface area contributed by atoms with Gasteiger partial charge in [0.2, 0.25) is 5.91 Å². The van der Waals surface area contributed by atoms with Crippen molar-refractivity contribution < 1.29 is 19.4 Å². The normalized spacial score (nSPS) is 23.5. The van der Waals surface area contributed by atoms with Crippen LogP contribution in [-0.2, 0) is 20.7 Å². The second-order valence-corrected chi connectivity index (χ2v) is 4.88. The molecule has 0 saturated carbocycles. The molecule has 2 N–H and O–H groups in total. The van der Waals surface area contributed by atoms with Crippen LogP contribution in [0.5, 0.6) is 0 Å². The maximum atomic E-state index is 11.1. The van der Waals surface area contributed by atoms with Crippen molar-refractivity contribution in [1.29, 1.82) is 0 Å². The number of hydrogen-bond donors (Lipinski definition) is 2. The molecule has 1 aromatic rings. The maximum Gasteiger partial charge on any atom is 0.328 e. The first-order chi connectivity index (χ1) is 8.58. The molecule has 1 amide bonds. The van der Waals surface area contributed by atoms with E-state index in [0.717, 1.165) is 10.0 Å². The van der Waals surface area contributed by atoms with Crippen LogP contribution < -0.4 is 5.32 Å². The van der Waals surface area contributed by atoms with Gasteiger partial charge in [-0.25, -0.2) is 4.79 Å². The van der Waals surface area contributed by atoms with Gasteiger partial charge < -0.3 is 15.2 Å². The number of ether oxygens (including phenoxy) is 1. The van der Waals surface area contributed by atoms with Gasteiger partial charge in [0, 0.05) is 10.9 Å². The summed E-state index contributed by atoms with van der Waals surface area (Å²) in [6.07, 6.45) is -0.127. The molecule has 1 heterocycles. The molecule has 1 aliphatic rings. The number of nitrogens with one attached hydrogen (secondary N) is 1. The van der Waals surface area contributed by atoms with Crippen LogP contribution in [0.4, 0.5) is 0 Å². The molecule has 1 aliphatic heterocycles. The fourth-order valence-electron chi connectivity index (χ4n) is 1.87. The highest BCUT2D eigenvalue weighted by Gasteiger charge is 2.35. The number of morpholine rings is 1. The summed E-state index contributed by atoms with van der Waals surface area (Å²) in [7, 11) is 0. The second-order valence-electron chi connectivity index (χ2n) is 4.03. The van der Waals surface area contributed by atoms with Crippen molar-refractivity contribution in [2.75, 3.05) is 6.61 Å². The Hall–Kier alpha value is -1.40. The molecule has 0 aliphatic carbocycles. The van der Waals surface area contributed by atoms with Crippen LogP contribution >= 0.6 is 15.9 Å². The molecule has 2 atom stereocenters. The number of benzene rings is 1. The average Bonchev–Trinajstić information content (AvgIpc) is 2.34. The molecule has 96 valence electrons. The molecule has 1 fully saturated rings. The Balaban J connectivity index is 2.14. The molecule has 0 aromatic heterocycles. The predicted octanol–water partition coefficient (Wildman–Crippen LogP) is 0.960. The molecule has 1 saturated heterocycles. The number of carbonyl (C=O) groups excluding carboxylic acids is 1. The Morgan fingerprint density at radius 1 is 1.50 bits per heavy atom. The van der Waals surface area contributed by atoms with Crippen LogP contribution in [0.25, 0.3) is 0 Å². The lowest BCUT2D eigenvalue weighted by Gasteiger charge is -2.29. The number of carboxylic acid groups (broad SMARTS) is 1. The fraction of sp³-hybridized carbons (Fsp3) is 0.333. The van der Waals surface area contributed by atoms with E-state index in [4.69, 9.17) is 9.84 Å². The summed E-state index contributed by atoms with van der Waals surface area (Å²) in [5.41, 5.74) is 0.949. The smallest absolute Gasteiger partial charge is 0.328 e.